The maximum atomic E-state index is 14.1. The third kappa shape index (κ3) is 5.78. The number of amides is 1. The molecule has 0 fully saturated rings. The lowest BCUT2D eigenvalue weighted by Gasteiger charge is -2.19. The van der Waals surface area contributed by atoms with Crippen LogP contribution in [0.4, 0.5) is 4.39 Å². The fourth-order valence-electron chi connectivity index (χ4n) is 3.05. The van der Waals surface area contributed by atoms with Gasteiger partial charge in [0.1, 0.15) is 5.82 Å². The number of thioether (sulfide) groups is 1. The van der Waals surface area contributed by atoms with Gasteiger partial charge in [0.2, 0.25) is 5.91 Å². The molecule has 3 aromatic carbocycles. The lowest BCUT2D eigenvalue weighted by atomic mass is 9.91. The minimum Gasteiger partial charge on any atom is -0.354 e. The van der Waals surface area contributed by atoms with Crippen molar-refractivity contribution in [1.29, 1.82) is 0 Å². The van der Waals surface area contributed by atoms with Crippen molar-refractivity contribution in [2.45, 2.75) is 17.7 Å². The van der Waals surface area contributed by atoms with Gasteiger partial charge < -0.3 is 5.32 Å². The molecule has 0 heterocycles. The zero-order valence-electron chi connectivity index (χ0n) is 16.1. The Morgan fingerprint density at radius 2 is 1.52 bits per heavy atom. The molecular weight excluding hydrogens is 385 g/mol. The van der Waals surface area contributed by atoms with E-state index in [9.17, 15) is 14.0 Å². The van der Waals surface area contributed by atoms with Crippen molar-refractivity contribution >= 4 is 23.5 Å². The summed E-state index contributed by atoms with van der Waals surface area (Å²) in [6.45, 7) is 1.85. The molecule has 3 nitrogen and oxygen atoms in total. The monoisotopic (exact) mass is 407 g/mol. The Morgan fingerprint density at radius 1 is 0.931 bits per heavy atom. The van der Waals surface area contributed by atoms with Gasteiger partial charge in [-0.3, -0.25) is 9.59 Å². The minimum absolute atomic E-state index is 0.0398. The fraction of sp³-hybridized carbons (Fsp3) is 0.167. The van der Waals surface area contributed by atoms with Crippen molar-refractivity contribution in [3.05, 3.63) is 101 Å². The van der Waals surface area contributed by atoms with E-state index in [4.69, 9.17) is 0 Å². The molecule has 0 aliphatic heterocycles. The molecular formula is C24H22FNO2S. The van der Waals surface area contributed by atoms with Gasteiger partial charge in [0.05, 0.1) is 5.75 Å². The fourth-order valence-corrected chi connectivity index (χ4v) is 3.80. The minimum atomic E-state index is -0.484. The molecule has 3 aromatic rings. The quantitative estimate of drug-likeness (QED) is 0.419. The van der Waals surface area contributed by atoms with Crippen LogP contribution in [0, 0.1) is 5.82 Å². The highest BCUT2D eigenvalue weighted by Crippen LogP contribution is 2.25. The van der Waals surface area contributed by atoms with Gasteiger partial charge in [0.25, 0.3) is 0 Å². The number of ketones is 1. The highest BCUT2D eigenvalue weighted by atomic mass is 32.2. The van der Waals surface area contributed by atoms with Gasteiger partial charge in [-0.2, -0.15) is 0 Å². The number of halogens is 1. The lowest BCUT2D eigenvalue weighted by Crippen LogP contribution is -2.30. The number of hydrogen-bond donors (Lipinski definition) is 1. The van der Waals surface area contributed by atoms with E-state index in [1.807, 2.05) is 60.7 Å². The van der Waals surface area contributed by atoms with Crippen LogP contribution in [0.2, 0.25) is 0 Å². The van der Waals surface area contributed by atoms with Crippen LogP contribution in [-0.4, -0.2) is 24.0 Å². The molecule has 148 valence electrons. The summed E-state index contributed by atoms with van der Waals surface area (Å²) in [5.41, 5.74) is 2.57. The molecule has 0 aliphatic rings. The molecule has 0 radical (unpaired) electrons. The number of Topliss-reactive ketones (excluding diaryl/α,β-unsaturated/α-hetero) is 1. The zero-order chi connectivity index (χ0) is 20.6. The van der Waals surface area contributed by atoms with Gasteiger partial charge in [-0.1, -0.05) is 66.7 Å². The summed E-state index contributed by atoms with van der Waals surface area (Å²) in [6.07, 6.45) is 0. The summed E-state index contributed by atoms with van der Waals surface area (Å²) < 4.78 is 14.1. The van der Waals surface area contributed by atoms with E-state index in [1.54, 1.807) is 12.1 Å². The number of carbonyl (C=O) groups excluding carboxylic acids is 2. The highest BCUT2D eigenvalue weighted by molar-refractivity contribution is 8.00. The first kappa shape index (κ1) is 20.8. The number of rotatable bonds is 8. The van der Waals surface area contributed by atoms with Crippen molar-refractivity contribution in [3.8, 4) is 0 Å². The van der Waals surface area contributed by atoms with Crippen molar-refractivity contribution in [3.63, 3.8) is 0 Å². The Hall–Kier alpha value is -2.92. The first-order valence-corrected chi connectivity index (χ1v) is 10.3. The second-order valence-corrected chi connectivity index (χ2v) is 7.69. The van der Waals surface area contributed by atoms with Crippen molar-refractivity contribution in [2.75, 3.05) is 12.3 Å². The van der Waals surface area contributed by atoms with Crippen LogP contribution in [-0.2, 0) is 4.79 Å². The van der Waals surface area contributed by atoms with E-state index >= 15 is 0 Å². The zero-order valence-corrected chi connectivity index (χ0v) is 16.9. The third-order valence-corrected chi connectivity index (χ3v) is 5.65. The molecule has 0 saturated carbocycles. The molecule has 0 aliphatic carbocycles. The van der Waals surface area contributed by atoms with Gasteiger partial charge in [0.15, 0.2) is 5.78 Å². The smallest absolute Gasteiger partial charge is 0.230 e. The van der Waals surface area contributed by atoms with Gasteiger partial charge in [-0.25, -0.2) is 4.39 Å². The molecule has 0 bridgehead atoms. The van der Waals surface area contributed by atoms with Crippen LogP contribution in [0.25, 0.3) is 0 Å². The van der Waals surface area contributed by atoms with E-state index in [1.165, 1.54) is 13.0 Å². The molecule has 3 rings (SSSR count). The van der Waals surface area contributed by atoms with Crippen LogP contribution < -0.4 is 5.32 Å². The Labute approximate surface area is 174 Å². The molecule has 0 saturated heterocycles. The van der Waals surface area contributed by atoms with E-state index in [0.717, 1.165) is 22.9 Å². The van der Waals surface area contributed by atoms with Gasteiger partial charge in [0, 0.05) is 22.9 Å². The third-order valence-electron chi connectivity index (χ3n) is 4.60. The van der Waals surface area contributed by atoms with Crippen molar-refractivity contribution < 1.29 is 14.0 Å². The van der Waals surface area contributed by atoms with Crippen molar-refractivity contribution in [2.24, 2.45) is 0 Å². The van der Waals surface area contributed by atoms with Crippen LogP contribution in [0.15, 0.2) is 83.8 Å². The Kier molecular flexibility index (Phi) is 7.19. The van der Waals surface area contributed by atoms with Gasteiger partial charge in [-0.05, 0) is 30.2 Å². The summed E-state index contributed by atoms with van der Waals surface area (Å²) in [5.74, 6) is -0.694. The molecule has 1 N–H and O–H groups in total. The van der Waals surface area contributed by atoms with Crippen LogP contribution in [0.3, 0.4) is 0 Å². The lowest BCUT2D eigenvalue weighted by molar-refractivity contribution is -0.118. The first-order valence-electron chi connectivity index (χ1n) is 9.34. The second-order valence-electron chi connectivity index (χ2n) is 6.67. The number of benzene rings is 3. The largest absolute Gasteiger partial charge is 0.354 e. The molecule has 0 unspecified atom stereocenters. The molecule has 0 atom stereocenters. The second kappa shape index (κ2) is 10.0. The molecule has 0 aromatic heterocycles. The average Bonchev–Trinajstić information content (AvgIpc) is 2.74. The summed E-state index contributed by atoms with van der Waals surface area (Å²) in [5, 5.41) is 2.96. The SMILES string of the molecule is CC(=O)c1ccc(SCC(=O)NCC(c2ccccc2)c2ccccc2)c(F)c1. The molecule has 1 amide bonds. The number of carbonyl (C=O) groups is 2. The van der Waals surface area contributed by atoms with E-state index in [2.05, 4.69) is 5.32 Å². The predicted octanol–water partition coefficient (Wildman–Crippen LogP) is 5.07. The summed E-state index contributed by atoms with van der Waals surface area (Å²) >= 11 is 1.12. The van der Waals surface area contributed by atoms with Crippen molar-refractivity contribution in [1.82, 2.24) is 5.32 Å². The topological polar surface area (TPSA) is 46.2 Å². The summed E-state index contributed by atoms with van der Waals surface area (Å²) in [4.78, 5) is 24.0. The normalized spacial score (nSPS) is 10.7. The summed E-state index contributed by atoms with van der Waals surface area (Å²) in [7, 11) is 0. The maximum Gasteiger partial charge on any atom is 0.230 e. The van der Waals surface area contributed by atoms with Crippen LogP contribution >= 0.6 is 11.8 Å². The van der Waals surface area contributed by atoms with E-state index < -0.39 is 5.82 Å². The van der Waals surface area contributed by atoms with E-state index in [-0.39, 0.29) is 23.4 Å². The Bertz CT molecular complexity index is 937. The highest BCUT2D eigenvalue weighted by Gasteiger charge is 2.16. The molecule has 29 heavy (non-hydrogen) atoms. The number of hydrogen-bond acceptors (Lipinski definition) is 3. The Morgan fingerprint density at radius 3 is 2.03 bits per heavy atom. The standard InChI is InChI=1S/C24H22FNO2S/c1-17(27)20-12-13-23(22(25)14-20)29-16-24(28)26-15-21(18-8-4-2-5-9-18)19-10-6-3-7-11-19/h2-14,21H,15-16H2,1H3,(H,26,28). The number of nitrogens with one attached hydrogen (secondary N) is 1. The van der Waals surface area contributed by atoms with Crippen LogP contribution in [0.5, 0.6) is 0 Å². The predicted molar refractivity (Wildman–Crippen MR) is 115 cm³/mol. The Balaban J connectivity index is 1.61. The van der Waals surface area contributed by atoms with Gasteiger partial charge >= 0.3 is 0 Å². The van der Waals surface area contributed by atoms with Crippen LogP contribution in [0.1, 0.15) is 34.3 Å². The molecule has 0 spiro atoms. The average molecular weight is 408 g/mol. The first-order chi connectivity index (χ1) is 14.0. The van der Waals surface area contributed by atoms with E-state index in [0.29, 0.717) is 17.0 Å². The summed E-state index contributed by atoms with van der Waals surface area (Å²) in [6, 6.07) is 24.4. The van der Waals surface area contributed by atoms with Gasteiger partial charge in [-0.15, -0.1) is 11.8 Å². The molecule has 5 heteroatoms. The maximum absolute atomic E-state index is 14.1.